The molecule has 0 heterocycles. The molecule has 0 unspecified atom stereocenters. The highest BCUT2D eigenvalue weighted by Gasteiger charge is 2.05. The summed E-state index contributed by atoms with van der Waals surface area (Å²) in [6.07, 6.45) is 3.27. The van der Waals surface area contributed by atoms with Gasteiger partial charge in [0, 0.05) is 12.6 Å². The Kier molecular flexibility index (Phi) is 6.89. The maximum absolute atomic E-state index is 12.0. The smallest absolute Gasteiger partial charge is 0.244 e. The Morgan fingerprint density at radius 2 is 1.76 bits per heavy atom. The summed E-state index contributed by atoms with van der Waals surface area (Å²) in [5, 5.41) is 2.84. The molecule has 0 bridgehead atoms. The van der Waals surface area contributed by atoms with Crippen LogP contribution >= 0.6 is 0 Å². The van der Waals surface area contributed by atoms with Gasteiger partial charge in [0.15, 0.2) is 11.5 Å². The Hall–Kier alpha value is -2.95. The van der Waals surface area contributed by atoms with E-state index in [9.17, 15) is 4.79 Å². The normalized spacial score (nSPS) is 10.5. The number of ether oxygens (including phenoxy) is 3. The van der Waals surface area contributed by atoms with Crippen molar-refractivity contribution >= 4 is 12.0 Å². The predicted octanol–water partition coefficient (Wildman–Crippen LogP) is 3.43. The van der Waals surface area contributed by atoms with Gasteiger partial charge < -0.3 is 19.5 Å². The molecule has 2 rings (SSSR count). The number of carbonyl (C=O) groups is 1. The van der Waals surface area contributed by atoms with Crippen molar-refractivity contribution in [3.05, 3.63) is 59.7 Å². The molecule has 2 aromatic rings. The van der Waals surface area contributed by atoms with Crippen molar-refractivity contribution in [2.45, 2.75) is 13.5 Å². The van der Waals surface area contributed by atoms with Crippen LogP contribution in [0.4, 0.5) is 0 Å². The second-order valence-electron chi connectivity index (χ2n) is 5.24. The van der Waals surface area contributed by atoms with Gasteiger partial charge in [-0.2, -0.15) is 0 Å². The van der Waals surface area contributed by atoms with E-state index in [1.165, 1.54) is 6.08 Å². The molecule has 0 radical (unpaired) electrons. The lowest BCUT2D eigenvalue weighted by Gasteiger charge is -2.09. The van der Waals surface area contributed by atoms with Crippen LogP contribution in [0.1, 0.15) is 18.1 Å². The third-order valence-corrected chi connectivity index (χ3v) is 3.53. The van der Waals surface area contributed by atoms with Crippen LogP contribution < -0.4 is 19.5 Å². The Bertz CT molecular complexity index is 723. The molecular formula is C20H23NO4. The molecule has 0 aromatic heterocycles. The minimum atomic E-state index is -0.163. The van der Waals surface area contributed by atoms with Crippen LogP contribution in [0.15, 0.2) is 48.5 Å². The van der Waals surface area contributed by atoms with Gasteiger partial charge in [0.1, 0.15) is 5.75 Å². The van der Waals surface area contributed by atoms with Gasteiger partial charge in [-0.05, 0) is 48.4 Å². The zero-order chi connectivity index (χ0) is 18.1. The van der Waals surface area contributed by atoms with Gasteiger partial charge >= 0.3 is 0 Å². The average Bonchev–Trinajstić information content (AvgIpc) is 2.65. The number of benzene rings is 2. The van der Waals surface area contributed by atoms with Crippen molar-refractivity contribution in [2.24, 2.45) is 0 Å². The first-order valence-electron chi connectivity index (χ1n) is 8.06. The van der Waals surface area contributed by atoms with E-state index in [0.717, 1.165) is 16.9 Å². The third kappa shape index (κ3) is 5.57. The lowest BCUT2D eigenvalue weighted by Crippen LogP contribution is -2.20. The summed E-state index contributed by atoms with van der Waals surface area (Å²) in [6.45, 7) is 2.98. The van der Waals surface area contributed by atoms with Crippen molar-refractivity contribution in [2.75, 3.05) is 20.8 Å². The van der Waals surface area contributed by atoms with Crippen LogP contribution in [0.5, 0.6) is 17.2 Å². The number of hydrogen-bond acceptors (Lipinski definition) is 4. The van der Waals surface area contributed by atoms with Gasteiger partial charge in [0.05, 0.1) is 20.8 Å². The predicted molar refractivity (Wildman–Crippen MR) is 98.0 cm³/mol. The minimum absolute atomic E-state index is 0.163. The molecule has 0 fully saturated rings. The van der Waals surface area contributed by atoms with Crippen LogP contribution in [0.2, 0.25) is 0 Å². The third-order valence-electron chi connectivity index (χ3n) is 3.53. The summed E-state index contributed by atoms with van der Waals surface area (Å²) in [5.74, 6) is 1.95. The summed E-state index contributed by atoms with van der Waals surface area (Å²) in [4.78, 5) is 12.0. The molecule has 1 amide bonds. The molecule has 5 nitrogen and oxygen atoms in total. The monoisotopic (exact) mass is 341 g/mol. The highest BCUT2D eigenvalue weighted by Crippen LogP contribution is 2.27. The molecule has 0 spiro atoms. The van der Waals surface area contributed by atoms with E-state index in [1.807, 2.05) is 49.4 Å². The van der Waals surface area contributed by atoms with E-state index in [-0.39, 0.29) is 5.91 Å². The molecular weight excluding hydrogens is 318 g/mol. The molecule has 0 atom stereocenters. The van der Waals surface area contributed by atoms with E-state index in [1.54, 1.807) is 20.3 Å². The van der Waals surface area contributed by atoms with Gasteiger partial charge in [-0.1, -0.05) is 18.2 Å². The Morgan fingerprint density at radius 1 is 1.04 bits per heavy atom. The Morgan fingerprint density at radius 3 is 2.40 bits per heavy atom. The average molecular weight is 341 g/mol. The summed E-state index contributed by atoms with van der Waals surface area (Å²) in [6, 6.07) is 13.1. The summed E-state index contributed by atoms with van der Waals surface area (Å²) in [7, 11) is 3.17. The topological polar surface area (TPSA) is 56.8 Å². The highest BCUT2D eigenvalue weighted by molar-refractivity contribution is 5.91. The van der Waals surface area contributed by atoms with Gasteiger partial charge in [0.25, 0.3) is 0 Å². The number of hydrogen-bond donors (Lipinski definition) is 1. The first-order valence-corrected chi connectivity index (χ1v) is 8.06. The lowest BCUT2D eigenvalue weighted by molar-refractivity contribution is -0.116. The number of nitrogens with one attached hydrogen (secondary N) is 1. The molecule has 25 heavy (non-hydrogen) atoms. The number of carbonyl (C=O) groups excluding carboxylic acids is 1. The number of methoxy groups -OCH3 is 2. The summed E-state index contributed by atoms with van der Waals surface area (Å²) < 4.78 is 15.8. The maximum atomic E-state index is 12.0. The van der Waals surface area contributed by atoms with Gasteiger partial charge in [-0.15, -0.1) is 0 Å². The number of rotatable bonds is 8. The summed E-state index contributed by atoms with van der Waals surface area (Å²) in [5.41, 5.74) is 1.87. The Balaban J connectivity index is 1.89. The second-order valence-corrected chi connectivity index (χ2v) is 5.24. The zero-order valence-corrected chi connectivity index (χ0v) is 14.7. The van der Waals surface area contributed by atoms with Gasteiger partial charge in [0.2, 0.25) is 5.91 Å². The zero-order valence-electron chi connectivity index (χ0n) is 14.7. The number of amides is 1. The molecule has 5 heteroatoms. The van der Waals surface area contributed by atoms with Crippen LogP contribution in [-0.2, 0) is 11.3 Å². The first kappa shape index (κ1) is 18.4. The fourth-order valence-corrected chi connectivity index (χ4v) is 2.25. The van der Waals surface area contributed by atoms with E-state index in [0.29, 0.717) is 24.7 Å². The molecule has 0 aliphatic heterocycles. The van der Waals surface area contributed by atoms with Crippen molar-refractivity contribution in [1.82, 2.24) is 5.32 Å². The maximum Gasteiger partial charge on any atom is 0.244 e. The van der Waals surface area contributed by atoms with E-state index in [2.05, 4.69) is 5.32 Å². The van der Waals surface area contributed by atoms with Gasteiger partial charge in [-0.3, -0.25) is 4.79 Å². The largest absolute Gasteiger partial charge is 0.494 e. The van der Waals surface area contributed by atoms with E-state index >= 15 is 0 Å². The fraction of sp³-hybridized carbons (Fsp3) is 0.250. The van der Waals surface area contributed by atoms with Crippen molar-refractivity contribution in [1.29, 1.82) is 0 Å². The van der Waals surface area contributed by atoms with Crippen LogP contribution in [0.25, 0.3) is 6.08 Å². The van der Waals surface area contributed by atoms with Crippen molar-refractivity contribution in [3.63, 3.8) is 0 Å². The molecule has 0 aliphatic carbocycles. The van der Waals surface area contributed by atoms with Crippen LogP contribution in [0.3, 0.4) is 0 Å². The van der Waals surface area contributed by atoms with E-state index in [4.69, 9.17) is 14.2 Å². The minimum Gasteiger partial charge on any atom is -0.494 e. The second kappa shape index (κ2) is 9.37. The standard InChI is InChI=1S/C20H23NO4/c1-4-25-17-9-5-15(6-10-17)8-12-20(22)21-14-16-7-11-18(23-2)19(13-16)24-3/h5-13H,4,14H2,1-3H3,(H,21,22)/b12-8+. The van der Waals surface area contributed by atoms with Crippen molar-refractivity contribution < 1.29 is 19.0 Å². The molecule has 132 valence electrons. The SMILES string of the molecule is CCOc1ccc(/C=C/C(=O)NCc2ccc(OC)c(OC)c2)cc1. The fourth-order valence-electron chi connectivity index (χ4n) is 2.25. The first-order chi connectivity index (χ1) is 12.2. The summed E-state index contributed by atoms with van der Waals surface area (Å²) >= 11 is 0. The molecule has 1 N–H and O–H groups in total. The van der Waals surface area contributed by atoms with E-state index < -0.39 is 0 Å². The highest BCUT2D eigenvalue weighted by atomic mass is 16.5. The molecule has 2 aromatic carbocycles. The quantitative estimate of drug-likeness (QED) is 0.748. The van der Waals surface area contributed by atoms with Crippen LogP contribution in [0, 0.1) is 0 Å². The Labute approximate surface area is 148 Å². The molecule has 0 saturated carbocycles. The van der Waals surface area contributed by atoms with Gasteiger partial charge in [-0.25, -0.2) is 0 Å². The lowest BCUT2D eigenvalue weighted by atomic mass is 10.2. The van der Waals surface area contributed by atoms with Crippen molar-refractivity contribution in [3.8, 4) is 17.2 Å². The molecule has 0 saturated heterocycles. The molecule has 0 aliphatic rings. The van der Waals surface area contributed by atoms with Crippen LogP contribution in [-0.4, -0.2) is 26.7 Å².